The van der Waals surface area contributed by atoms with E-state index in [1.807, 2.05) is 0 Å². The fraction of sp³-hybridized carbons (Fsp3) is 0.182. The lowest BCUT2D eigenvalue weighted by atomic mass is 10.3. The van der Waals surface area contributed by atoms with Gasteiger partial charge in [0.25, 0.3) is 0 Å². The van der Waals surface area contributed by atoms with E-state index < -0.39 is 5.82 Å². The van der Waals surface area contributed by atoms with Crippen molar-refractivity contribution in [1.29, 1.82) is 0 Å². The molecule has 0 amide bonds. The SMILES string of the molecule is Cn1c(Cl)cnc1CNc1c(Cl)cc(F)cc1Cl. The average Bonchev–Trinajstić information content (AvgIpc) is 2.59. The summed E-state index contributed by atoms with van der Waals surface area (Å²) in [6.45, 7) is 0.383. The number of nitrogens with one attached hydrogen (secondary N) is 1. The van der Waals surface area contributed by atoms with Crippen LogP contribution in [0.1, 0.15) is 5.82 Å². The zero-order chi connectivity index (χ0) is 13.3. The van der Waals surface area contributed by atoms with Crippen molar-refractivity contribution < 1.29 is 4.39 Å². The van der Waals surface area contributed by atoms with Crippen molar-refractivity contribution in [1.82, 2.24) is 9.55 Å². The summed E-state index contributed by atoms with van der Waals surface area (Å²) in [4.78, 5) is 4.12. The Kier molecular flexibility index (Phi) is 4.00. The minimum atomic E-state index is -0.476. The molecule has 0 radical (unpaired) electrons. The molecule has 1 heterocycles. The summed E-state index contributed by atoms with van der Waals surface area (Å²) in [5, 5.41) is 3.98. The Balaban J connectivity index is 2.18. The van der Waals surface area contributed by atoms with Crippen LogP contribution in [0.15, 0.2) is 18.3 Å². The minimum absolute atomic E-state index is 0.223. The van der Waals surface area contributed by atoms with Crippen molar-refractivity contribution >= 4 is 40.5 Å². The van der Waals surface area contributed by atoms with Crippen molar-refractivity contribution in [2.45, 2.75) is 6.54 Å². The Morgan fingerprint density at radius 2 is 1.89 bits per heavy atom. The van der Waals surface area contributed by atoms with Gasteiger partial charge in [-0.05, 0) is 12.1 Å². The minimum Gasteiger partial charge on any atom is -0.375 e. The molecule has 0 spiro atoms. The molecule has 2 aromatic rings. The standard InChI is InChI=1S/C11H9Cl3FN3/c1-18-9(14)4-16-10(18)5-17-11-7(12)2-6(15)3-8(11)13/h2-4,17H,5H2,1H3. The van der Waals surface area contributed by atoms with E-state index in [4.69, 9.17) is 34.8 Å². The summed E-state index contributed by atoms with van der Waals surface area (Å²) < 4.78 is 14.7. The van der Waals surface area contributed by atoms with Crippen LogP contribution >= 0.6 is 34.8 Å². The summed E-state index contributed by atoms with van der Waals surface area (Å²) in [5.41, 5.74) is 0.471. The van der Waals surface area contributed by atoms with E-state index in [-0.39, 0.29) is 10.0 Å². The molecular weight excluding hydrogens is 299 g/mol. The summed E-state index contributed by atoms with van der Waals surface area (Å²) in [6, 6.07) is 2.39. The molecule has 0 bridgehead atoms. The Morgan fingerprint density at radius 3 is 2.39 bits per heavy atom. The third-order valence-electron chi connectivity index (χ3n) is 2.46. The van der Waals surface area contributed by atoms with E-state index >= 15 is 0 Å². The molecular formula is C11H9Cl3FN3. The maximum absolute atomic E-state index is 13.0. The Hall–Kier alpha value is -0.970. The van der Waals surface area contributed by atoms with Gasteiger partial charge in [0.15, 0.2) is 0 Å². The van der Waals surface area contributed by atoms with Crippen LogP contribution in [-0.4, -0.2) is 9.55 Å². The number of nitrogens with zero attached hydrogens (tertiary/aromatic N) is 2. The van der Waals surface area contributed by atoms with Gasteiger partial charge in [-0.15, -0.1) is 0 Å². The molecule has 1 aromatic heterocycles. The lowest BCUT2D eigenvalue weighted by Gasteiger charge is -2.10. The Morgan fingerprint density at radius 1 is 1.28 bits per heavy atom. The first-order valence-corrected chi connectivity index (χ1v) is 6.17. The third kappa shape index (κ3) is 2.71. The van der Waals surface area contributed by atoms with Crippen molar-refractivity contribution in [3.63, 3.8) is 0 Å². The van der Waals surface area contributed by atoms with Gasteiger partial charge >= 0.3 is 0 Å². The number of benzene rings is 1. The molecule has 1 N–H and O–H groups in total. The first-order valence-electron chi connectivity index (χ1n) is 5.03. The van der Waals surface area contributed by atoms with Gasteiger partial charge in [-0.2, -0.15) is 0 Å². The average molecular weight is 309 g/mol. The van der Waals surface area contributed by atoms with E-state index in [2.05, 4.69) is 10.3 Å². The van der Waals surface area contributed by atoms with Crippen LogP contribution in [0.4, 0.5) is 10.1 Å². The predicted molar refractivity (Wildman–Crippen MR) is 72.0 cm³/mol. The topological polar surface area (TPSA) is 29.9 Å². The molecule has 0 atom stereocenters. The highest BCUT2D eigenvalue weighted by Crippen LogP contribution is 2.31. The largest absolute Gasteiger partial charge is 0.375 e. The molecule has 2 rings (SSSR count). The van der Waals surface area contributed by atoms with Crippen LogP contribution in [0, 0.1) is 5.82 Å². The molecule has 96 valence electrons. The van der Waals surface area contributed by atoms with Crippen molar-refractivity contribution in [3.05, 3.63) is 45.2 Å². The van der Waals surface area contributed by atoms with Crippen LogP contribution in [0.5, 0.6) is 0 Å². The Labute approximate surface area is 118 Å². The van der Waals surface area contributed by atoms with Gasteiger partial charge in [0.05, 0.1) is 28.5 Å². The van der Waals surface area contributed by atoms with Crippen LogP contribution in [0.25, 0.3) is 0 Å². The number of anilines is 1. The van der Waals surface area contributed by atoms with Gasteiger partial charge in [0, 0.05) is 7.05 Å². The molecule has 3 nitrogen and oxygen atoms in total. The zero-order valence-electron chi connectivity index (χ0n) is 9.35. The molecule has 0 fully saturated rings. The van der Waals surface area contributed by atoms with Crippen molar-refractivity contribution in [2.24, 2.45) is 7.05 Å². The lowest BCUT2D eigenvalue weighted by Crippen LogP contribution is -2.07. The first-order chi connectivity index (χ1) is 8.49. The number of hydrogen-bond donors (Lipinski definition) is 1. The maximum Gasteiger partial charge on any atom is 0.128 e. The Bertz CT molecular complexity index is 560. The smallest absolute Gasteiger partial charge is 0.128 e. The molecule has 18 heavy (non-hydrogen) atoms. The van der Waals surface area contributed by atoms with Gasteiger partial charge in [0.1, 0.15) is 16.8 Å². The van der Waals surface area contributed by atoms with Crippen molar-refractivity contribution in [2.75, 3.05) is 5.32 Å². The summed E-state index contributed by atoms with van der Waals surface area (Å²) >= 11 is 17.7. The van der Waals surface area contributed by atoms with Crippen LogP contribution < -0.4 is 5.32 Å². The van der Waals surface area contributed by atoms with Crippen LogP contribution in [0.2, 0.25) is 15.2 Å². The van der Waals surface area contributed by atoms with Gasteiger partial charge in [-0.25, -0.2) is 9.37 Å². The normalized spacial score (nSPS) is 10.7. The molecule has 1 aromatic carbocycles. The number of aromatic nitrogens is 2. The fourth-order valence-electron chi connectivity index (χ4n) is 1.47. The second-order valence-electron chi connectivity index (χ2n) is 3.65. The molecule has 0 saturated carbocycles. The molecule has 0 aliphatic heterocycles. The van der Waals surface area contributed by atoms with Gasteiger partial charge in [-0.3, -0.25) is 0 Å². The second-order valence-corrected chi connectivity index (χ2v) is 4.86. The molecule has 0 aliphatic rings. The number of hydrogen-bond acceptors (Lipinski definition) is 2. The molecule has 0 aliphatic carbocycles. The fourth-order valence-corrected chi connectivity index (χ4v) is 2.21. The lowest BCUT2D eigenvalue weighted by molar-refractivity contribution is 0.628. The summed E-state index contributed by atoms with van der Waals surface area (Å²) in [7, 11) is 1.79. The highest BCUT2D eigenvalue weighted by Gasteiger charge is 2.10. The predicted octanol–water partition coefficient (Wildman–Crippen LogP) is 4.13. The maximum atomic E-state index is 13.0. The van der Waals surface area contributed by atoms with Gasteiger partial charge < -0.3 is 9.88 Å². The van der Waals surface area contributed by atoms with E-state index in [0.29, 0.717) is 17.4 Å². The number of imidazole rings is 1. The zero-order valence-corrected chi connectivity index (χ0v) is 11.6. The van der Waals surface area contributed by atoms with Gasteiger partial charge in [0.2, 0.25) is 0 Å². The quantitative estimate of drug-likeness (QED) is 0.924. The van der Waals surface area contributed by atoms with E-state index in [0.717, 1.165) is 5.82 Å². The second kappa shape index (κ2) is 5.34. The van der Waals surface area contributed by atoms with E-state index in [9.17, 15) is 4.39 Å². The summed E-state index contributed by atoms with van der Waals surface area (Å²) in [5.74, 6) is 0.243. The molecule has 0 unspecified atom stereocenters. The summed E-state index contributed by atoms with van der Waals surface area (Å²) in [6.07, 6.45) is 1.55. The van der Waals surface area contributed by atoms with E-state index in [1.54, 1.807) is 17.8 Å². The highest BCUT2D eigenvalue weighted by atomic mass is 35.5. The molecule has 7 heteroatoms. The monoisotopic (exact) mass is 307 g/mol. The third-order valence-corrected chi connectivity index (χ3v) is 3.41. The molecule has 0 saturated heterocycles. The van der Waals surface area contributed by atoms with Crippen LogP contribution in [0.3, 0.4) is 0 Å². The number of rotatable bonds is 3. The van der Waals surface area contributed by atoms with E-state index in [1.165, 1.54) is 12.1 Å². The van der Waals surface area contributed by atoms with Gasteiger partial charge in [-0.1, -0.05) is 34.8 Å². The number of halogens is 4. The first kappa shape index (κ1) is 13.5. The highest BCUT2D eigenvalue weighted by molar-refractivity contribution is 6.39. The van der Waals surface area contributed by atoms with Crippen molar-refractivity contribution in [3.8, 4) is 0 Å². The van der Waals surface area contributed by atoms with Crippen LogP contribution in [-0.2, 0) is 13.6 Å².